The zero-order valence-electron chi connectivity index (χ0n) is 10.4. The summed E-state index contributed by atoms with van der Waals surface area (Å²) in [5.74, 6) is 1.35. The van der Waals surface area contributed by atoms with Crippen molar-refractivity contribution in [2.45, 2.75) is 18.5 Å². The summed E-state index contributed by atoms with van der Waals surface area (Å²) in [6.45, 7) is 0.290. The Balaban J connectivity index is 2.23. The Morgan fingerprint density at radius 1 is 1.50 bits per heavy atom. The minimum absolute atomic E-state index is 0.260. The van der Waals surface area contributed by atoms with Crippen LogP contribution in [-0.2, 0) is 0 Å². The third-order valence-electron chi connectivity index (χ3n) is 3.51. The lowest BCUT2D eigenvalue weighted by molar-refractivity contribution is 0.189. The molecule has 0 aliphatic carbocycles. The fraction of sp³-hybridized carbons (Fsp3) is 0.538. The van der Waals surface area contributed by atoms with E-state index in [-0.39, 0.29) is 18.4 Å². The molecule has 2 N–H and O–H groups in total. The molecule has 1 fully saturated rings. The molecule has 0 saturated carbocycles. The van der Waals surface area contributed by atoms with Crippen molar-refractivity contribution in [3.8, 4) is 0 Å². The van der Waals surface area contributed by atoms with Gasteiger partial charge in [0.05, 0.1) is 6.04 Å². The Morgan fingerprint density at radius 2 is 2.28 bits per heavy atom. The van der Waals surface area contributed by atoms with Gasteiger partial charge in [-0.1, -0.05) is 0 Å². The average molecular weight is 272 g/mol. The monoisotopic (exact) mass is 272 g/mol. The van der Waals surface area contributed by atoms with E-state index in [0.717, 1.165) is 24.0 Å². The quantitative estimate of drug-likeness (QED) is 0.912. The first-order valence-corrected chi connectivity index (χ1v) is 7.23. The first kappa shape index (κ1) is 13.8. The van der Waals surface area contributed by atoms with Crippen LogP contribution in [0.3, 0.4) is 0 Å². The van der Waals surface area contributed by atoms with Gasteiger partial charge in [-0.15, -0.1) is 0 Å². The SMILES string of the molecule is CN(C1CCSC1)C(CN)c1cc(F)ccc1F. The van der Waals surface area contributed by atoms with Crippen LogP contribution in [0.4, 0.5) is 8.78 Å². The molecule has 18 heavy (non-hydrogen) atoms. The lowest BCUT2D eigenvalue weighted by atomic mass is 10.0. The standard InChI is InChI=1S/C13H18F2N2S/c1-17(10-4-5-18-8-10)13(7-16)11-6-9(14)2-3-12(11)15/h2-3,6,10,13H,4-5,7-8,16H2,1H3. The molecule has 1 aliphatic heterocycles. The van der Waals surface area contributed by atoms with Crippen molar-refractivity contribution in [3.05, 3.63) is 35.4 Å². The number of nitrogens with two attached hydrogens (primary N) is 1. The summed E-state index contributed by atoms with van der Waals surface area (Å²) < 4.78 is 27.1. The number of hydrogen-bond donors (Lipinski definition) is 1. The van der Waals surface area contributed by atoms with Gasteiger partial charge < -0.3 is 5.73 Å². The van der Waals surface area contributed by atoms with Crippen molar-refractivity contribution in [1.29, 1.82) is 0 Å². The van der Waals surface area contributed by atoms with Gasteiger partial charge in [0.25, 0.3) is 0 Å². The normalized spacial score (nSPS) is 21.5. The molecule has 2 rings (SSSR count). The molecule has 0 radical (unpaired) electrons. The van der Waals surface area contributed by atoms with Crippen molar-refractivity contribution in [1.82, 2.24) is 4.90 Å². The fourth-order valence-electron chi connectivity index (χ4n) is 2.38. The van der Waals surface area contributed by atoms with Gasteiger partial charge in [0.15, 0.2) is 0 Å². The molecule has 2 unspecified atom stereocenters. The van der Waals surface area contributed by atoms with Gasteiger partial charge >= 0.3 is 0 Å². The lowest BCUT2D eigenvalue weighted by Gasteiger charge is -2.32. The molecule has 5 heteroatoms. The Morgan fingerprint density at radius 3 is 2.89 bits per heavy atom. The second-order valence-electron chi connectivity index (χ2n) is 4.60. The van der Waals surface area contributed by atoms with Gasteiger partial charge in [-0.2, -0.15) is 11.8 Å². The second kappa shape index (κ2) is 5.99. The minimum Gasteiger partial charge on any atom is -0.329 e. The topological polar surface area (TPSA) is 29.3 Å². The van der Waals surface area contributed by atoms with Crippen LogP contribution in [0, 0.1) is 11.6 Å². The van der Waals surface area contributed by atoms with Crippen molar-refractivity contribution >= 4 is 11.8 Å². The third-order valence-corrected chi connectivity index (χ3v) is 4.66. The van der Waals surface area contributed by atoms with E-state index in [1.165, 1.54) is 12.1 Å². The van der Waals surface area contributed by atoms with Gasteiger partial charge in [-0.25, -0.2) is 8.78 Å². The molecule has 0 bridgehead atoms. The van der Waals surface area contributed by atoms with E-state index < -0.39 is 5.82 Å². The number of thioether (sulfide) groups is 1. The third kappa shape index (κ3) is 2.84. The number of likely N-dealkylation sites (N-methyl/N-ethyl adjacent to an activating group) is 1. The van der Waals surface area contributed by atoms with Crippen LogP contribution in [0.2, 0.25) is 0 Å². The highest BCUT2D eigenvalue weighted by Crippen LogP contribution is 2.29. The van der Waals surface area contributed by atoms with Gasteiger partial charge in [0.2, 0.25) is 0 Å². The van der Waals surface area contributed by atoms with Crippen LogP contribution in [-0.4, -0.2) is 36.0 Å². The van der Waals surface area contributed by atoms with Gasteiger partial charge in [-0.3, -0.25) is 4.90 Å². The lowest BCUT2D eigenvalue weighted by Crippen LogP contribution is -2.39. The van der Waals surface area contributed by atoms with E-state index in [0.29, 0.717) is 11.6 Å². The predicted octanol–water partition coefficient (Wildman–Crippen LogP) is 2.40. The number of nitrogens with zero attached hydrogens (tertiary/aromatic N) is 1. The van der Waals surface area contributed by atoms with E-state index in [1.807, 2.05) is 18.8 Å². The molecule has 1 aliphatic rings. The van der Waals surface area contributed by atoms with Crippen LogP contribution in [0.15, 0.2) is 18.2 Å². The first-order chi connectivity index (χ1) is 8.63. The molecule has 0 aromatic heterocycles. The number of rotatable bonds is 4. The molecule has 2 atom stereocenters. The zero-order chi connectivity index (χ0) is 13.1. The molecule has 0 spiro atoms. The van der Waals surface area contributed by atoms with Crippen LogP contribution in [0.5, 0.6) is 0 Å². The average Bonchev–Trinajstić information content (AvgIpc) is 2.88. The van der Waals surface area contributed by atoms with Crippen molar-refractivity contribution < 1.29 is 8.78 Å². The Hall–Kier alpha value is -0.650. The Kier molecular flexibility index (Phi) is 4.59. The molecular formula is C13H18F2N2S. The van der Waals surface area contributed by atoms with E-state index in [9.17, 15) is 8.78 Å². The predicted molar refractivity (Wildman–Crippen MR) is 71.6 cm³/mol. The molecule has 1 aromatic carbocycles. The maximum Gasteiger partial charge on any atom is 0.128 e. The van der Waals surface area contributed by atoms with E-state index >= 15 is 0 Å². The summed E-state index contributed by atoms with van der Waals surface area (Å²) in [6.07, 6.45) is 1.08. The van der Waals surface area contributed by atoms with Crippen molar-refractivity contribution in [2.24, 2.45) is 5.73 Å². The van der Waals surface area contributed by atoms with Crippen LogP contribution in [0.25, 0.3) is 0 Å². The first-order valence-electron chi connectivity index (χ1n) is 6.08. The van der Waals surface area contributed by atoms with E-state index in [4.69, 9.17) is 5.73 Å². The van der Waals surface area contributed by atoms with Crippen LogP contribution >= 0.6 is 11.8 Å². The molecule has 2 nitrogen and oxygen atoms in total. The maximum atomic E-state index is 13.8. The van der Waals surface area contributed by atoms with Gasteiger partial charge in [-0.05, 0) is 37.4 Å². The smallest absolute Gasteiger partial charge is 0.128 e. The minimum atomic E-state index is -0.418. The zero-order valence-corrected chi connectivity index (χ0v) is 11.2. The van der Waals surface area contributed by atoms with E-state index in [1.54, 1.807) is 0 Å². The number of benzene rings is 1. The Labute approximate surface area is 111 Å². The number of hydrogen-bond acceptors (Lipinski definition) is 3. The van der Waals surface area contributed by atoms with Crippen LogP contribution in [0.1, 0.15) is 18.0 Å². The fourth-order valence-corrected chi connectivity index (χ4v) is 3.66. The van der Waals surface area contributed by atoms with Crippen molar-refractivity contribution in [2.75, 3.05) is 25.1 Å². The van der Waals surface area contributed by atoms with Crippen LogP contribution < -0.4 is 5.73 Å². The summed E-state index contributed by atoms with van der Waals surface area (Å²) in [6, 6.07) is 3.70. The van der Waals surface area contributed by atoms with Gasteiger partial charge in [0.1, 0.15) is 11.6 Å². The van der Waals surface area contributed by atoms with Crippen molar-refractivity contribution in [3.63, 3.8) is 0 Å². The highest BCUT2D eigenvalue weighted by Gasteiger charge is 2.27. The highest BCUT2D eigenvalue weighted by molar-refractivity contribution is 7.99. The molecule has 100 valence electrons. The summed E-state index contributed by atoms with van der Waals surface area (Å²) in [5, 5.41) is 0. The maximum absolute atomic E-state index is 13.8. The Bertz CT molecular complexity index is 408. The summed E-state index contributed by atoms with van der Waals surface area (Å²) >= 11 is 1.89. The summed E-state index contributed by atoms with van der Waals surface area (Å²) in [7, 11) is 1.94. The number of halogens is 2. The summed E-state index contributed by atoms with van der Waals surface area (Å²) in [4.78, 5) is 2.08. The highest BCUT2D eigenvalue weighted by atomic mass is 32.2. The largest absolute Gasteiger partial charge is 0.329 e. The van der Waals surface area contributed by atoms with E-state index in [2.05, 4.69) is 4.90 Å². The molecular weight excluding hydrogens is 254 g/mol. The molecule has 1 heterocycles. The van der Waals surface area contributed by atoms with Gasteiger partial charge in [0, 0.05) is 23.9 Å². The molecule has 1 saturated heterocycles. The second-order valence-corrected chi connectivity index (χ2v) is 5.75. The summed E-state index contributed by atoms with van der Waals surface area (Å²) in [5.41, 5.74) is 6.11. The molecule has 0 amide bonds. The molecule has 1 aromatic rings.